The van der Waals surface area contributed by atoms with Crippen molar-refractivity contribution in [2.45, 2.75) is 24.6 Å². The molecule has 102 valence electrons. The zero-order valence-electron chi connectivity index (χ0n) is 7.41. The van der Waals surface area contributed by atoms with Gasteiger partial charge in [-0.1, -0.05) is 0 Å². The van der Waals surface area contributed by atoms with Crippen molar-refractivity contribution in [3.05, 3.63) is 0 Å². The number of hydrogen-bond acceptors (Lipinski definition) is 2. The van der Waals surface area contributed by atoms with Gasteiger partial charge in [-0.15, -0.1) is 0 Å². The van der Waals surface area contributed by atoms with Gasteiger partial charge in [0, 0.05) is 0 Å². The number of ketones is 1. The SMILES string of the molecule is O=C([C@H](O)C(C(F)(F)F)C(F)(F)F)C(F)(F)F. The minimum absolute atomic E-state index is 3.50. The number of alkyl halides is 9. The molecule has 0 heterocycles. The molecule has 0 saturated carbocycles. The fraction of sp³-hybridized carbons (Fsp3) is 0.833. The number of rotatable bonds is 2. The second-order valence-electron chi connectivity index (χ2n) is 2.87. The van der Waals surface area contributed by atoms with Gasteiger partial charge < -0.3 is 5.11 Å². The quantitative estimate of drug-likeness (QED) is 0.786. The molecule has 0 amide bonds. The smallest absolute Gasteiger partial charge is 0.384 e. The fourth-order valence-electron chi connectivity index (χ4n) is 0.863. The van der Waals surface area contributed by atoms with Crippen molar-refractivity contribution in [1.82, 2.24) is 0 Å². The summed E-state index contributed by atoms with van der Waals surface area (Å²) in [5.74, 6) is -8.28. The Morgan fingerprint density at radius 2 is 1.12 bits per heavy atom. The van der Waals surface area contributed by atoms with Crippen molar-refractivity contribution in [3.8, 4) is 0 Å². The standard InChI is InChI=1S/C6H3F9O2/c7-4(8,9)2(5(10,11)12)1(16)3(17)6(13,14)15/h1-2,16H/t1-/m1/s1. The molecule has 0 aliphatic rings. The van der Waals surface area contributed by atoms with Crippen LogP contribution in [0.25, 0.3) is 0 Å². The first-order chi connectivity index (χ1) is 7.19. The van der Waals surface area contributed by atoms with Gasteiger partial charge in [0.2, 0.25) is 0 Å². The summed E-state index contributed by atoms with van der Waals surface area (Å²) in [6.45, 7) is 0. The highest BCUT2D eigenvalue weighted by molar-refractivity contribution is 5.88. The van der Waals surface area contributed by atoms with E-state index in [0.29, 0.717) is 0 Å². The van der Waals surface area contributed by atoms with E-state index >= 15 is 0 Å². The van der Waals surface area contributed by atoms with Gasteiger partial charge in [-0.3, -0.25) is 4.79 Å². The molecule has 1 atom stereocenters. The van der Waals surface area contributed by atoms with Crippen molar-refractivity contribution in [2.24, 2.45) is 5.92 Å². The third-order valence-corrected chi connectivity index (χ3v) is 1.57. The van der Waals surface area contributed by atoms with Crippen molar-refractivity contribution in [1.29, 1.82) is 0 Å². The molecule has 1 N–H and O–H groups in total. The van der Waals surface area contributed by atoms with E-state index in [1.165, 1.54) is 0 Å². The molecule has 0 unspecified atom stereocenters. The van der Waals surface area contributed by atoms with Gasteiger partial charge in [-0.2, -0.15) is 39.5 Å². The van der Waals surface area contributed by atoms with Crippen LogP contribution >= 0.6 is 0 Å². The van der Waals surface area contributed by atoms with E-state index in [1.54, 1.807) is 0 Å². The van der Waals surface area contributed by atoms with Crippen LogP contribution < -0.4 is 0 Å². The molecule has 0 aliphatic heterocycles. The molecule has 0 rings (SSSR count). The summed E-state index contributed by atoms with van der Waals surface area (Å²) in [6, 6.07) is 0. The molecule has 17 heavy (non-hydrogen) atoms. The highest BCUT2D eigenvalue weighted by atomic mass is 19.4. The Morgan fingerprint density at radius 3 is 1.29 bits per heavy atom. The molecule has 0 aromatic carbocycles. The van der Waals surface area contributed by atoms with Crippen molar-refractivity contribution in [3.63, 3.8) is 0 Å². The van der Waals surface area contributed by atoms with E-state index in [0.717, 1.165) is 0 Å². The molecule has 0 fully saturated rings. The number of carbonyl (C=O) groups excluding carboxylic acids is 1. The van der Waals surface area contributed by atoms with E-state index in [9.17, 15) is 44.3 Å². The van der Waals surface area contributed by atoms with Crippen LogP contribution in [-0.2, 0) is 4.79 Å². The topological polar surface area (TPSA) is 37.3 Å². The van der Waals surface area contributed by atoms with E-state index < -0.39 is 36.3 Å². The summed E-state index contributed by atoms with van der Waals surface area (Å²) < 4.78 is 106. The van der Waals surface area contributed by atoms with Gasteiger partial charge in [0.25, 0.3) is 5.78 Å². The van der Waals surface area contributed by atoms with Crippen LogP contribution in [0, 0.1) is 5.92 Å². The molecule has 11 heteroatoms. The maximum absolute atomic E-state index is 11.8. The Morgan fingerprint density at radius 1 is 0.824 bits per heavy atom. The average molecular weight is 278 g/mol. The van der Waals surface area contributed by atoms with Crippen molar-refractivity contribution < 1.29 is 49.4 Å². The number of aliphatic hydroxyl groups is 1. The highest BCUT2D eigenvalue weighted by Gasteiger charge is 2.64. The molecule has 2 nitrogen and oxygen atoms in total. The summed E-state index contributed by atoms with van der Waals surface area (Å²) >= 11 is 0. The average Bonchev–Trinajstić information content (AvgIpc) is 1.94. The molecule has 0 radical (unpaired) electrons. The Kier molecular flexibility index (Phi) is 4.09. The molecule has 0 aliphatic carbocycles. The number of carbonyl (C=O) groups is 1. The second kappa shape index (κ2) is 4.35. The lowest BCUT2D eigenvalue weighted by Gasteiger charge is -2.26. The number of aliphatic hydroxyl groups excluding tert-OH is 1. The Labute approximate surface area is 87.0 Å². The highest BCUT2D eigenvalue weighted by Crippen LogP contribution is 2.42. The fourth-order valence-corrected chi connectivity index (χ4v) is 0.863. The largest absolute Gasteiger partial charge is 0.452 e. The lowest BCUT2D eigenvalue weighted by Crippen LogP contribution is -2.51. The summed E-state index contributed by atoms with van der Waals surface area (Å²) in [5, 5.41) is 8.27. The normalized spacial score (nSPS) is 16.2. The van der Waals surface area contributed by atoms with Crippen LogP contribution in [0.4, 0.5) is 39.5 Å². The molecule has 0 spiro atoms. The summed E-state index contributed by atoms with van der Waals surface area (Å²) in [5.41, 5.74) is 0. The zero-order chi connectivity index (χ0) is 14.2. The van der Waals surface area contributed by atoms with E-state index in [1.807, 2.05) is 0 Å². The van der Waals surface area contributed by atoms with Crippen LogP contribution in [0.3, 0.4) is 0 Å². The van der Waals surface area contributed by atoms with Gasteiger partial charge in [0.1, 0.15) is 6.10 Å². The zero-order valence-corrected chi connectivity index (χ0v) is 7.41. The van der Waals surface area contributed by atoms with Crippen LogP contribution in [0.2, 0.25) is 0 Å². The maximum atomic E-state index is 11.8. The number of halogens is 9. The molecular weight excluding hydrogens is 275 g/mol. The van der Waals surface area contributed by atoms with E-state index in [2.05, 4.69) is 0 Å². The second-order valence-corrected chi connectivity index (χ2v) is 2.87. The van der Waals surface area contributed by atoms with Crippen molar-refractivity contribution in [2.75, 3.05) is 0 Å². The van der Waals surface area contributed by atoms with Gasteiger partial charge >= 0.3 is 18.5 Å². The van der Waals surface area contributed by atoms with Crippen LogP contribution in [0.1, 0.15) is 0 Å². The molecule has 0 saturated heterocycles. The van der Waals surface area contributed by atoms with Gasteiger partial charge in [-0.25, -0.2) is 0 Å². The van der Waals surface area contributed by atoms with Crippen molar-refractivity contribution >= 4 is 5.78 Å². The molecule has 0 aromatic rings. The van der Waals surface area contributed by atoms with Crippen LogP contribution in [0.15, 0.2) is 0 Å². The third-order valence-electron chi connectivity index (χ3n) is 1.57. The molecule has 0 aromatic heterocycles. The summed E-state index contributed by atoms with van der Waals surface area (Å²) in [7, 11) is 0. The molecular formula is C6H3F9O2. The lowest BCUT2D eigenvalue weighted by molar-refractivity contribution is -0.305. The Balaban J connectivity index is 5.32. The van der Waals surface area contributed by atoms with Gasteiger partial charge in [0.05, 0.1) is 0 Å². The lowest BCUT2D eigenvalue weighted by atomic mass is 9.97. The van der Waals surface area contributed by atoms with Crippen LogP contribution in [0.5, 0.6) is 0 Å². The first kappa shape index (κ1) is 16.0. The first-order valence-electron chi connectivity index (χ1n) is 3.61. The predicted molar refractivity (Wildman–Crippen MR) is 32.7 cm³/mol. The Bertz CT molecular complexity index is 271. The predicted octanol–water partition coefficient (Wildman–Crippen LogP) is 2.22. The van der Waals surface area contributed by atoms with Gasteiger partial charge in [0.15, 0.2) is 5.92 Å². The van der Waals surface area contributed by atoms with Gasteiger partial charge in [-0.05, 0) is 0 Å². The van der Waals surface area contributed by atoms with Crippen LogP contribution in [-0.4, -0.2) is 35.5 Å². The van der Waals surface area contributed by atoms with E-state index in [-0.39, 0.29) is 0 Å². The monoisotopic (exact) mass is 278 g/mol. The summed E-state index contributed by atoms with van der Waals surface area (Å²) in [6.07, 6.45) is -22.7. The minimum Gasteiger partial charge on any atom is -0.384 e. The third kappa shape index (κ3) is 4.06. The number of hydrogen-bond donors (Lipinski definition) is 1. The Hall–Kier alpha value is -1.00. The number of Topliss-reactive ketones (excluding diaryl/α,β-unsaturated/α-hetero) is 1. The van der Waals surface area contributed by atoms with E-state index in [4.69, 9.17) is 5.11 Å². The molecule has 0 bridgehead atoms. The minimum atomic E-state index is -6.22. The maximum Gasteiger partial charge on any atom is 0.452 e. The first-order valence-corrected chi connectivity index (χ1v) is 3.61. The summed E-state index contributed by atoms with van der Waals surface area (Å²) in [4.78, 5) is 10.1.